The number of hydrogen-bond donors (Lipinski definition) is 1. The maximum absolute atomic E-state index is 11.2. The molecule has 0 bridgehead atoms. The van der Waals surface area contributed by atoms with E-state index in [1.807, 2.05) is 6.07 Å². The predicted octanol–water partition coefficient (Wildman–Crippen LogP) is 2.02. The van der Waals surface area contributed by atoms with Crippen LogP contribution in [0.4, 0.5) is 0 Å². The van der Waals surface area contributed by atoms with E-state index in [-0.39, 0.29) is 29.4 Å². The van der Waals surface area contributed by atoms with E-state index >= 15 is 0 Å². The summed E-state index contributed by atoms with van der Waals surface area (Å²) in [5.41, 5.74) is 0.554. The minimum Gasteiger partial charge on any atom is -0.508 e. The number of phenols is 1. The molecule has 0 aliphatic rings. The zero-order chi connectivity index (χ0) is 12.1. The molecule has 0 spiro atoms. The van der Waals surface area contributed by atoms with Crippen LogP contribution in [-0.4, -0.2) is 17.7 Å². The topological polar surface area (TPSA) is 70.3 Å². The van der Waals surface area contributed by atoms with E-state index in [9.17, 15) is 9.90 Å². The van der Waals surface area contributed by atoms with Gasteiger partial charge in [0.2, 0.25) is 0 Å². The molecule has 1 aromatic rings. The Morgan fingerprint density at radius 3 is 2.88 bits per heavy atom. The molecular weight excluding hydrogens is 230 g/mol. The second-order valence-corrected chi connectivity index (χ2v) is 3.46. The molecule has 0 amide bonds. The van der Waals surface area contributed by atoms with Crippen molar-refractivity contribution < 1.29 is 14.6 Å². The molecule has 0 aliphatic heterocycles. The quantitative estimate of drug-likeness (QED) is 0.820. The summed E-state index contributed by atoms with van der Waals surface area (Å²) < 4.78 is 4.74. The molecule has 0 unspecified atom stereocenters. The Morgan fingerprint density at radius 2 is 2.31 bits per heavy atom. The number of benzene rings is 1. The number of phenolic OH excluding ortho intramolecular Hbond substituents is 1. The Hall–Kier alpha value is -1.73. The van der Waals surface area contributed by atoms with Gasteiger partial charge in [-0.05, 0) is 13.0 Å². The molecule has 0 fully saturated rings. The molecule has 16 heavy (non-hydrogen) atoms. The Bertz CT molecular complexity index is 451. The SMILES string of the molecule is CCOC(=O)Cc1cc(C#N)c(Cl)cc1O. The number of hydrogen-bond acceptors (Lipinski definition) is 4. The number of ether oxygens (including phenoxy) is 1. The Balaban J connectivity index is 2.97. The lowest BCUT2D eigenvalue weighted by Crippen LogP contribution is -2.07. The van der Waals surface area contributed by atoms with Gasteiger partial charge in [0.15, 0.2) is 0 Å². The molecule has 1 N–H and O–H groups in total. The summed E-state index contributed by atoms with van der Waals surface area (Å²) in [5, 5.41) is 18.4. The van der Waals surface area contributed by atoms with Crippen LogP contribution in [0, 0.1) is 11.3 Å². The van der Waals surface area contributed by atoms with Crippen molar-refractivity contribution in [3.8, 4) is 11.8 Å². The molecular formula is C11H10ClNO3. The largest absolute Gasteiger partial charge is 0.508 e. The van der Waals surface area contributed by atoms with Gasteiger partial charge in [0.25, 0.3) is 0 Å². The van der Waals surface area contributed by atoms with Crippen LogP contribution >= 0.6 is 11.6 Å². The molecule has 0 saturated heterocycles. The highest BCUT2D eigenvalue weighted by Gasteiger charge is 2.12. The molecule has 0 heterocycles. The van der Waals surface area contributed by atoms with Crippen LogP contribution in [0.5, 0.6) is 5.75 Å². The van der Waals surface area contributed by atoms with Crippen molar-refractivity contribution in [3.05, 3.63) is 28.3 Å². The normalized spacial score (nSPS) is 9.56. The van der Waals surface area contributed by atoms with Gasteiger partial charge >= 0.3 is 5.97 Å². The Morgan fingerprint density at radius 1 is 1.62 bits per heavy atom. The predicted molar refractivity (Wildman–Crippen MR) is 58.2 cm³/mol. The third-order valence-electron chi connectivity index (χ3n) is 1.93. The number of halogens is 1. The van der Waals surface area contributed by atoms with Crippen LogP contribution in [0.15, 0.2) is 12.1 Å². The van der Waals surface area contributed by atoms with Crippen molar-refractivity contribution in [3.63, 3.8) is 0 Å². The second-order valence-electron chi connectivity index (χ2n) is 3.05. The van der Waals surface area contributed by atoms with Gasteiger partial charge in [-0.2, -0.15) is 5.26 Å². The van der Waals surface area contributed by atoms with Crippen LogP contribution < -0.4 is 0 Å². The smallest absolute Gasteiger partial charge is 0.310 e. The fraction of sp³-hybridized carbons (Fsp3) is 0.273. The zero-order valence-corrected chi connectivity index (χ0v) is 9.41. The standard InChI is InChI=1S/C11H10ClNO3/c1-2-16-11(15)4-7-3-8(6-13)9(12)5-10(7)14/h3,5,14H,2,4H2,1H3. The number of carbonyl (C=O) groups excluding carboxylic acids is 1. The summed E-state index contributed by atoms with van der Waals surface area (Å²) in [6, 6.07) is 4.50. The maximum Gasteiger partial charge on any atom is 0.310 e. The molecule has 0 aliphatic carbocycles. The lowest BCUT2D eigenvalue weighted by atomic mass is 10.1. The summed E-state index contributed by atoms with van der Waals surface area (Å²) in [5.74, 6) is -0.568. The molecule has 1 aromatic carbocycles. The third kappa shape index (κ3) is 2.88. The van der Waals surface area contributed by atoms with E-state index in [1.165, 1.54) is 12.1 Å². The van der Waals surface area contributed by atoms with E-state index < -0.39 is 5.97 Å². The fourth-order valence-corrected chi connectivity index (χ4v) is 1.40. The van der Waals surface area contributed by atoms with Gasteiger partial charge in [0.1, 0.15) is 11.8 Å². The van der Waals surface area contributed by atoms with Crippen LogP contribution in [0.2, 0.25) is 5.02 Å². The van der Waals surface area contributed by atoms with E-state index in [0.29, 0.717) is 5.56 Å². The second kappa shape index (κ2) is 5.38. The van der Waals surface area contributed by atoms with Gasteiger partial charge in [-0.1, -0.05) is 11.6 Å². The highest BCUT2D eigenvalue weighted by atomic mass is 35.5. The Kier molecular flexibility index (Phi) is 4.15. The molecule has 0 saturated carbocycles. The van der Waals surface area contributed by atoms with Crippen LogP contribution in [-0.2, 0) is 16.0 Å². The lowest BCUT2D eigenvalue weighted by molar-refractivity contribution is -0.142. The summed E-state index contributed by atoms with van der Waals surface area (Å²) in [7, 11) is 0. The monoisotopic (exact) mass is 239 g/mol. The van der Waals surface area contributed by atoms with Gasteiger partial charge < -0.3 is 9.84 Å². The van der Waals surface area contributed by atoms with Crippen molar-refractivity contribution in [2.24, 2.45) is 0 Å². The summed E-state index contributed by atoms with van der Waals surface area (Å²) >= 11 is 5.70. The van der Waals surface area contributed by atoms with Crippen molar-refractivity contribution >= 4 is 17.6 Å². The highest BCUT2D eigenvalue weighted by molar-refractivity contribution is 6.31. The summed E-state index contributed by atoms with van der Waals surface area (Å²) in [4.78, 5) is 11.2. The van der Waals surface area contributed by atoms with Gasteiger partial charge in [-0.25, -0.2) is 0 Å². The van der Waals surface area contributed by atoms with E-state index in [0.717, 1.165) is 0 Å². The molecule has 0 atom stereocenters. The number of nitrogens with zero attached hydrogens (tertiary/aromatic N) is 1. The minimum atomic E-state index is -0.455. The zero-order valence-electron chi connectivity index (χ0n) is 8.66. The fourth-order valence-electron chi connectivity index (χ4n) is 1.20. The van der Waals surface area contributed by atoms with Crippen LogP contribution in [0.1, 0.15) is 18.1 Å². The first-order valence-corrected chi connectivity index (χ1v) is 5.03. The van der Waals surface area contributed by atoms with Crippen LogP contribution in [0.3, 0.4) is 0 Å². The van der Waals surface area contributed by atoms with E-state index in [1.54, 1.807) is 6.92 Å². The van der Waals surface area contributed by atoms with Crippen molar-refractivity contribution in [1.82, 2.24) is 0 Å². The van der Waals surface area contributed by atoms with Gasteiger partial charge in [0, 0.05) is 11.6 Å². The number of nitriles is 1. The van der Waals surface area contributed by atoms with Crippen molar-refractivity contribution in [2.45, 2.75) is 13.3 Å². The van der Waals surface area contributed by atoms with Crippen molar-refractivity contribution in [2.75, 3.05) is 6.61 Å². The molecule has 84 valence electrons. The van der Waals surface area contributed by atoms with E-state index in [4.69, 9.17) is 21.6 Å². The molecule has 0 radical (unpaired) electrons. The third-order valence-corrected chi connectivity index (χ3v) is 2.24. The van der Waals surface area contributed by atoms with Gasteiger partial charge in [0.05, 0.1) is 23.6 Å². The van der Waals surface area contributed by atoms with E-state index in [2.05, 4.69) is 0 Å². The van der Waals surface area contributed by atoms with Crippen molar-refractivity contribution in [1.29, 1.82) is 5.26 Å². The molecule has 0 aromatic heterocycles. The average molecular weight is 240 g/mol. The van der Waals surface area contributed by atoms with Gasteiger partial charge in [-0.15, -0.1) is 0 Å². The number of esters is 1. The number of aromatic hydroxyl groups is 1. The first kappa shape index (κ1) is 12.3. The maximum atomic E-state index is 11.2. The number of rotatable bonds is 3. The molecule has 1 rings (SSSR count). The summed E-state index contributed by atoms with van der Waals surface area (Å²) in [6.45, 7) is 1.97. The van der Waals surface area contributed by atoms with Crippen LogP contribution in [0.25, 0.3) is 0 Å². The Labute approximate surface area is 98.0 Å². The lowest BCUT2D eigenvalue weighted by Gasteiger charge is -2.06. The first-order valence-electron chi connectivity index (χ1n) is 4.65. The average Bonchev–Trinajstić information content (AvgIpc) is 2.22. The first-order chi connectivity index (χ1) is 7.58. The number of carbonyl (C=O) groups is 1. The minimum absolute atomic E-state index is 0.0779. The van der Waals surface area contributed by atoms with Gasteiger partial charge in [-0.3, -0.25) is 4.79 Å². The summed E-state index contributed by atoms with van der Waals surface area (Å²) in [6.07, 6.45) is -0.0779. The molecule has 4 nitrogen and oxygen atoms in total. The highest BCUT2D eigenvalue weighted by Crippen LogP contribution is 2.26. The molecule has 5 heteroatoms.